The highest BCUT2D eigenvalue weighted by molar-refractivity contribution is 6.90. The van der Waals surface area contributed by atoms with Crippen LogP contribution in [-0.2, 0) is 0 Å². The zero-order chi connectivity index (χ0) is 31.3. The maximum atomic E-state index is 16.6. The molecule has 0 aliphatic carbocycles. The van der Waals surface area contributed by atoms with E-state index < -0.39 is 20.0 Å². The lowest BCUT2D eigenvalue weighted by atomic mass is 9.96. The number of amides is 1. The molecule has 2 fully saturated rings. The summed E-state index contributed by atoms with van der Waals surface area (Å²) in [4.78, 5) is 24.7. The van der Waals surface area contributed by atoms with Gasteiger partial charge >= 0.3 is 6.09 Å². The normalized spacial score (nSPS) is 18.5. The van der Waals surface area contributed by atoms with E-state index in [-0.39, 0.29) is 17.8 Å². The lowest BCUT2D eigenvalue weighted by Crippen LogP contribution is -2.55. The van der Waals surface area contributed by atoms with Gasteiger partial charge in [-0.3, -0.25) is 14.9 Å². The van der Waals surface area contributed by atoms with Crippen LogP contribution >= 0.6 is 0 Å². The number of nitrogens with zero attached hydrogens (tertiary/aromatic N) is 4. The molecule has 4 aromatic rings. The Labute approximate surface area is 260 Å². The summed E-state index contributed by atoms with van der Waals surface area (Å²) in [7, 11) is -1.98. The van der Waals surface area contributed by atoms with Crippen molar-refractivity contribution in [2.75, 3.05) is 18.0 Å². The number of fused-ring (bicyclic) bond motifs is 4. The average Bonchev–Trinajstić information content (AvgIpc) is 3.26. The average molecular weight is 609 g/mol. The van der Waals surface area contributed by atoms with Gasteiger partial charge in [0, 0.05) is 52.8 Å². The molecule has 6 rings (SSSR count). The molecule has 2 saturated heterocycles. The molecule has 1 amide bonds. The second-order valence-electron chi connectivity index (χ2n) is 13.4. The number of hydrogen-bond donors (Lipinski definition) is 1. The molecule has 2 bridgehead atoms. The molecule has 44 heavy (non-hydrogen) atoms. The molecule has 228 valence electrons. The SMILES string of the molecule is CC(C)[Si](C#Cc1cccc2cccc(-c3ncc4c(N5CC6CCC(C5)N6C(=O)O)cncc4c3F)c12)(C(C)C)C(C)C. The van der Waals surface area contributed by atoms with Crippen LogP contribution in [0.3, 0.4) is 0 Å². The topological polar surface area (TPSA) is 69.6 Å². The molecule has 2 aliphatic rings. The van der Waals surface area contributed by atoms with E-state index in [9.17, 15) is 9.90 Å². The number of benzene rings is 2. The monoisotopic (exact) mass is 608 g/mol. The molecular formula is C36H41FN4O2Si. The van der Waals surface area contributed by atoms with Gasteiger partial charge in [-0.05, 0) is 40.9 Å². The Morgan fingerprint density at radius 3 is 2.18 bits per heavy atom. The summed E-state index contributed by atoms with van der Waals surface area (Å²) >= 11 is 0. The van der Waals surface area contributed by atoms with Crippen LogP contribution in [0, 0.1) is 17.3 Å². The number of aromatic nitrogens is 2. The first-order valence-electron chi connectivity index (χ1n) is 15.8. The third-order valence-corrected chi connectivity index (χ3v) is 16.5. The molecule has 0 radical (unpaired) electrons. The third-order valence-electron chi connectivity index (χ3n) is 10.2. The summed E-state index contributed by atoms with van der Waals surface area (Å²) in [5, 5.41) is 12.7. The van der Waals surface area contributed by atoms with E-state index in [2.05, 4.69) is 62.9 Å². The van der Waals surface area contributed by atoms with Crippen LogP contribution in [0.25, 0.3) is 32.8 Å². The van der Waals surface area contributed by atoms with Crippen molar-refractivity contribution < 1.29 is 14.3 Å². The van der Waals surface area contributed by atoms with Crippen molar-refractivity contribution in [3.8, 4) is 22.7 Å². The van der Waals surface area contributed by atoms with Crippen molar-refractivity contribution in [1.82, 2.24) is 14.9 Å². The fourth-order valence-corrected chi connectivity index (χ4v) is 13.4. The number of hydrogen-bond acceptors (Lipinski definition) is 4. The summed E-state index contributed by atoms with van der Waals surface area (Å²) < 4.78 is 16.6. The minimum absolute atomic E-state index is 0.0716. The number of carbonyl (C=O) groups is 1. The fourth-order valence-electron chi connectivity index (χ4n) is 8.19. The minimum atomic E-state index is -1.98. The van der Waals surface area contributed by atoms with Gasteiger partial charge in [-0.25, -0.2) is 9.18 Å². The number of carboxylic acid groups (broad SMARTS) is 1. The molecule has 2 atom stereocenters. The Bertz CT molecular complexity index is 1770. The smallest absolute Gasteiger partial charge is 0.407 e. The zero-order valence-corrected chi connectivity index (χ0v) is 27.4. The van der Waals surface area contributed by atoms with Gasteiger partial charge in [-0.1, -0.05) is 77.8 Å². The van der Waals surface area contributed by atoms with Crippen molar-refractivity contribution in [2.24, 2.45) is 0 Å². The quantitative estimate of drug-likeness (QED) is 0.182. The number of halogens is 1. The van der Waals surface area contributed by atoms with Crippen LogP contribution in [0.5, 0.6) is 0 Å². The van der Waals surface area contributed by atoms with Crippen LogP contribution in [0.15, 0.2) is 55.0 Å². The molecule has 8 heteroatoms. The van der Waals surface area contributed by atoms with Gasteiger partial charge in [0.25, 0.3) is 0 Å². The molecule has 4 heterocycles. The molecule has 6 nitrogen and oxygen atoms in total. The van der Waals surface area contributed by atoms with E-state index in [4.69, 9.17) is 4.98 Å². The van der Waals surface area contributed by atoms with Crippen LogP contribution in [0.4, 0.5) is 14.9 Å². The van der Waals surface area contributed by atoms with E-state index >= 15 is 4.39 Å². The summed E-state index contributed by atoms with van der Waals surface area (Å²) in [6, 6.07) is 11.9. The van der Waals surface area contributed by atoms with Crippen LogP contribution in [-0.4, -0.2) is 59.3 Å². The lowest BCUT2D eigenvalue weighted by Gasteiger charge is -2.40. The number of pyridine rings is 2. The number of rotatable bonds is 5. The van der Waals surface area contributed by atoms with Crippen molar-refractivity contribution in [3.63, 3.8) is 0 Å². The first-order valence-corrected chi connectivity index (χ1v) is 18.0. The van der Waals surface area contributed by atoms with Gasteiger partial charge in [-0.2, -0.15) is 0 Å². The predicted molar refractivity (Wildman–Crippen MR) is 179 cm³/mol. The van der Waals surface area contributed by atoms with E-state index in [1.54, 1.807) is 23.5 Å². The van der Waals surface area contributed by atoms with Gasteiger partial charge < -0.3 is 10.0 Å². The highest BCUT2D eigenvalue weighted by atomic mass is 28.3. The Balaban J connectivity index is 1.46. The van der Waals surface area contributed by atoms with Crippen molar-refractivity contribution >= 4 is 41.4 Å². The highest BCUT2D eigenvalue weighted by Crippen LogP contribution is 2.42. The van der Waals surface area contributed by atoms with Crippen LogP contribution in [0.2, 0.25) is 16.6 Å². The summed E-state index contributed by atoms with van der Waals surface area (Å²) in [5.74, 6) is 3.21. The lowest BCUT2D eigenvalue weighted by molar-refractivity contribution is 0.115. The van der Waals surface area contributed by atoms with Crippen LogP contribution in [0.1, 0.15) is 59.9 Å². The minimum Gasteiger partial charge on any atom is -0.465 e. The molecular weight excluding hydrogens is 568 g/mol. The molecule has 0 saturated carbocycles. The maximum absolute atomic E-state index is 16.6. The third kappa shape index (κ3) is 4.82. The summed E-state index contributed by atoms with van der Waals surface area (Å²) in [6.45, 7) is 15.0. The fraction of sp³-hybridized carbons (Fsp3) is 0.417. The molecule has 2 aromatic heterocycles. The first-order chi connectivity index (χ1) is 21.0. The van der Waals surface area contributed by atoms with E-state index in [1.165, 1.54) is 0 Å². The summed E-state index contributed by atoms with van der Waals surface area (Å²) in [5.41, 5.74) is 8.07. The van der Waals surface area contributed by atoms with E-state index in [0.717, 1.165) is 40.4 Å². The largest absolute Gasteiger partial charge is 0.465 e. The first kappa shape index (κ1) is 30.1. The second-order valence-corrected chi connectivity index (χ2v) is 19.0. The molecule has 2 unspecified atom stereocenters. The van der Waals surface area contributed by atoms with Gasteiger partial charge in [0.2, 0.25) is 0 Å². The Morgan fingerprint density at radius 1 is 0.932 bits per heavy atom. The molecule has 2 aliphatic heterocycles. The van der Waals surface area contributed by atoms with Crippen molar-refractivity contribution in [3.05, 3.63) is 66.4 Å². The van der Waals surface area contributed by atoms with E-state index in [1.807, 2.05) is 36.4 Å². The van der Waals surface area contributed by atoms with Crippen molar-refractivity contribution in [1.29, 1.82) is 0 Å². The van der Waals surface area contributed by atoms with Gasteiger partial charge in [0.1, 0.15) is 13.8 Å². The van der Waals surface area contributed by atoms with Gasteiger partial charge in [0.15, 0.2) is 5.82 Å². The van der Waals surface area contributed by atoms with E-state index in [0.29, 0.717) is 40.5 Å². The Kier molecular flexibility index (Phi) is 7.87. The van der Waals surface area contributed by atoms with Gasteiger partial charge in [-0.15, -0.1) is 5.54 Å². The van der Waals surface area contributed by atoms with Crippen molar-refractivity contribution in [2.45, 2.75) is 83.1 Å². The summed E-state index contributed by atoms with van der Waals surface area (Å²) in [6.07, 6.45) is 5.88. The Morgan fingerprint density at radius 2 is 1.57 bits per heavy atom. The predicted octanol–water partition coefficient (Wildman–Crippen LogP) is 8.49. The molecule has 2 aromatic carbocycles. The maximum Gasteiger partial charge on any atom is 0.407 e. The van der Waals surface area contributed by atoms with Crippen LogP contribution < -0.4 is 4.90 Å². The molecule has 0 spiro atoms. The molecule has 1 N–H and O–H groups in total. The zero-order valence-electron chi connectivity index (χ0n) is 26.4. The second kappa shape index (κ2) is 11.5. The van der Waals surface area contributed by atoms with Gasteiger partial charge in [0.05, 0.1) is 24.0 Å². The standard InChI is InChI=1S/C36H41FN4O2Si/c1-22(2)44(23(3)4,24(5)6)16-15-26-10-7-9-25-11-8-12-29(33(25)26)35-34(37)31-17-38-19-32(30(31)18-39-35)40-20-27-13-14-28(21-40)41(27)36(42)43/h7-12,17-19,22-24,27-28H,13-14,20-21H2,1-6H3,(H,42,43). The Hall–Kier alpha value is -3.96. The number of piperazine rings is 1. The number of anilines is 1. The highest BCUT2D eigenvalue weighted by Gasteiger charge is 2.43.